The number of nitrogens with one attached hydrogen (secondary N) is 1. The van der Waals surface area contributed by atoms with Crippen LogP contribution in [0, 0.1) is 0 Å². The van der Waals surface area contributed by atoms with E-state index in [9.17, 15) is 9.90 Å². The van der Waals surface area contributed by atoms with Crippen molar-refractivity contribution in [3.63, 3.8) is 0 Å². The zero-order chi connectivity index (χ0) is 17.5. The van der Waals surface area contributed by atoms with E-state index < -0.39 is 6.10 Å². The second-order valence-electron chi connectivity index (χ2n) is 5.77. The van der Waals surface area contributed by atoms with E-state index in [2.05, 4.69) is 17.0 Å². The Hall–Kier alpha value is -1.88. The second kappa shape index (κ2) is 8.83. The van der Waals surface area contributed by atoms with Gasteiger partial charge in [-0.25, -0.2) is 4.79 Å². The van der Waals surface area contributed by atoms with Crippen molar-refractivity contribution in [1.29, 1.82) is 0 Å². The molecule has 0 fully saturated rings. The highest BCUT2D eigenvalue weighted by atomic mass is 35.5. The highest BCUT2D eigenvalue weighted by molar-refractivity contribution is 6.30. The molecule has 0 aliphatic carbocycles. The number of halogens is 1. The van der Waals surface area contributed by atoms with Crippen molar-refractivity contribution >= 4 is 17.6 Å². The molecule has 5 heteroatoms. The first-order chi connectivity index (χ1) is 11.5. The quantitative estimate of drug-likeness (QED) is 0.754. The van der Waals surface area contributed by atoms with Crippen LogP contribution in [0.1, 0.15) is 34.5 Å². The van der Waals surface area contributed by atoms with Crippen LogP contribution in [0.2, 0.25) is 5.02 Å². The van der Waals surface area contributed by atoms with Crippen LogP contribution in [0.25, 0.3) is 0 Å². The van der Waals surface area contributed by atoms with Crippen LogP contribution in [0.3, 0.4) is 0 Å². The lowest BCUT2D eigenvalue weighted by atomic mass is 10.0. The average Bonchev–Trinajstić information content (AvgIpc) is 2.59. The van der Waals surface area contributed by atoms with Crippen molar-refractivity contribution in [2.24, 2.45) is 0 Å². The number of methoxy groups -OCH3 is 1. The molecule has 0 aliphatic rings. The Morgan fingerprint density at radius 2 is 1.96 bits per heavy atom. The summed E-state index contributed by atoms with van der Waals surface area (Å²) in [5, 5.41) is 14.1. The molecule has 0 aliphatic heterocycles. The lowest BCUT2D eigenvalue weighted by molar-refractivity contribution is 0.0600. The van der Waals surface area contributed by atoms with Crippen LogP contribution in [-0.4, -0.2) is 30.8 Å². The number of esters is 1. The maximum absolute atomic E-state index is 11.4. The fraction of sp³-hybridized carbons (Fsp3) is 0.316. The molecule has 0 unspecified atom stereocenters. The Morgan fingerprint density at radius 1 is 1.25 bits per heavy atom. The minimum atomic E-state index is -0.604. The van der Waals surface area contributed by atoms with E-state index in [4.69, 9.17) is 11.6 Å². The molecule has 2 aromatic rings. The Labute approximate surface area is 147 Å². The molecule has 0 aromatic heterocycles. The van der Waals surface area contributed by atoms with Crippen molar-refractivity contribution in [2.45, 2.75) is 25.5 Å². The SMILES string of the molecule is COC(=O)c1ccc(C[C@H](C)NC[C@@H](O)c2cccc(Cl)c2)cc1. The average molecular weight is 348 g/mol. The van der Waals surface area contributed by atoms with Crippen molar-refractivity contribution in [1.82, 2.24) is 5.32 Å². The lowest BCUT2D eigenvalue weighted by Crippen LogP contribution is -2.32. The molecule has 0 saturated heterocycles. The molecule has 2 N–H and O–H groups in total. The number of carbonyl (C=O) groups is 1. The number of hydrogen-bond acceptors (Lipinski definition) is 4. The standard InChI is InChI=1S/C19H22ClNO3/c1-13(10-14-6-8-15(9-7-14)19(23)24-2)21-12-18(22)16-4-3-5-17(20)11-16/h3-9,11,13,18,21-22H,10,12H2,1-2H3/t13-,18+/m0/s1. The van der Waals surface area contributed by atoms with Gasteiger partial charge in [-0.05, 0) is 48.7 Å². The summed E-state index contributed by atoms with van der Waals surface area (Å²) < 4.78 is 4.68. The maximum Gasteiger partial charge on any atom is 0.337 e. The summed E-state index contributed by atoms with van der Waals surface area (Å²) in [5.41, 5.74) is 2.45. The molecule has 0 radical (unpaired) electrons. The normalized spacial score (nSPS) is 13.3. The molecule has 0 spiro atoms. The highest BCUT2D eigenvalue weighted by Gasteiger charge is 2.11. The predicted molar refractivity (Wildman–Crippen MR) is 95.4 cm³/mol. The number of benzene rings is 2. The zero-order valence-electron chi connectivity index (χ0n) is 13.8. The third kappa shape index (κ3) is 5.34. The van der Waals surface area contributed by atoms with Crippen molar-refractivity contribution in [2.75, 3.05) is 13.7 Å². The van der Waals surface area contributed by atoms with Gasteiger partial charge in [-0.1, -0.05) is 35.9 Å². The van der Waals surface area contributed by atoms with Crippen LogP contribution >= 0.6 is 11.6 Å². The van der Waals surface area contributed by atoms with E-state index in [-0.39, 0.29) is 12.0 Å². The third-order valence-electron chi connectivity index (χ3n) is 3.81. The molecule has 2 rings (SSSR count). The van der Waals surface area contributed by atoms with E-state index in [0.717, 1.165) is 17.5 Å². The largest absolute Gasteiger partial charge is 0.465 e. The molecule has 128 valence electrons. The molecular weight excluding hydrogens is 326 g/mol. The van der Waals surface area contributed by atoms with Crippen molar-refractivity contribution in [3.8, 4) is 0 Å². The third-order valence-corrected chi connectivity index (χ3v) is 4.05. The first-order valence-corrected chi connectivity index (χ1v) is 8.21. The zero-order valence-corrected chi connectivity index (χ0v) is 14.6. The van der Waals surface area contributed by atoms with Gasteiger partial charge in [0, 0.05) is 17.6 Å². The molecule has 0 amide bonds. The summed E-state index contributed by atoms with van der Waals surface area (Å²) in [4.78, 5) is 11.4. The minimum Gasteiger partial charge on any atom is -0.465 e. The molecule has 2 atom stereocenters. The van der Waals surface area contributed by atoms with Crippen molar-refractivity contribution < 1.29 is 14.6 Å². The van der Waals surface area contributed by atoms with E-state index in [1.54, 1.807) is 24.3 Å². The first-order valence-electron chi connectivity index (χ1n) is 7.83. The Bertz CT molecular complexity index is 673. The molecule has 24 heavy (non-hydrogen) atoms. The van der Waals surface area contributed by atoms with Gasteiger partial charge in [0.1, 0.15) is 0 Å². The van der Waals surface area contributed by atoms with Crippen molar-refractivity contribution in [3.05, 3.63) is 70.2 Å². The molecule has 4 nitrogen and oxygen atoms in total. The van der Waals surface area contributed by atoms with E-state index >= 15 is 0 Å². The highest BCUT2D eigenvalue weighted by Crippen LogP contribution is 2.17. The topological polar surface area (TPSA) is 58.6 Å². The van der Waals surface area contributed by atoms with E-state index in [1.807, 2.05) is 24.3 Å². The van der Waals surface area contributed by atoms with Gasteiger partial charge >= 0.3 is 5.97 Å². The van der Waals surface area contributed by atoms with Crippen LogP contribution in [0.5, 0.6) is 0 Å². The van der Waals surface area contributed by atoms with Crippen LogP contribution < -0.4 is 5.32 Å². The van der Waals surface area contributed by atoms with Crippen LogP contribution in [-0.2, 0) is 11.2 Å². The smallest absolute Gasteiger partial charge is 0.337 e. The molecule has 0 saturated carbocycles. The van der Waals surface area contributed by atoms with E-state index in [1.165, 1.54) is 7.11 Å². The summed E-state index contributed by atoms with van der Waals surface area (Å²) in [6.07, 6.45) is 0.192. The molecule has 2 aromatic carbocycles. The van der Waals surface area contributed by atoms with Gasteiger partial charge in [-0.2, -0.15) is 0 Å². The minimum absolute atomic E-state index is 0.183. The number of ether oxygens (including phenoxy) is 1. The van der Waals surface area contributed by atoms with Crippen LogP contribution in [0.15, 0.2) is 48.5 Å². The fourth-order valence-corrected chi connectivity index (χ4v) is 2.66. The number of aliphatic hydroxyl groups is 1. The lowest BCUT2D eigenvalue weighted by Gasteiger charge is -2.18. The predicted octanol–water partition coefficient (Wildman–Crippen LogP) is 3.38. The number of carbonyl (C=O) groups excluding carboxylic acids is 1. The number of hydrogen-bond donors (Lipinski definition) is 2. The maximum atomic E-state index is 11.4. The van der Waals surface area contributed by atoms with Gasteiger partial charge in [0.25, 0.3) is 0 Å². The summed E-state index contributed by atoms with van der Waals surface area (Å²) >= 11 is 5.94. The summed E-state index contributed by atoms with van der Waals surface area (Å²) in [7, 11) is 1.37. The molecule has 0 bridgehead atoms. The Morgan fingerprint density at radius 3 is 2.58 bits per heavy atom. The second-order valence-corrected chi connectivity index (χ2v) is 6.21. The first kappa shape index (κ1) is 18.5. The molecule has 0 heterocycles. The van der Waals surface area contributed by atoms with Gasteiger partial charge in [0.05, 0.1) is 18.8 Å². The summed E-state index contributed by atoms with van der Waals surface area (Å²) in [6.45, 7) is 2.50. The number of aliphatic hydroxyl groups excluding tert-OH is 1. The van der Waals surface area contributed by atoms with Crippen LogP contribution in [0.4, 0.5) is 0 Å². The number of rotatable bonds is 7. The van der Waals surface area contributed by atoms with Gasteiger partial charge in [0.15, 0.2) is 0 Å². The molecular formula is C19H22ClNO3. The van der Waals surface area contributed by atoms with Gasteiger partial charge in [-0.15, -0.1) is 0 Å². The van der Waals surface area contributed by atoms with Gasteiger partial charge in [0.2, 0.25) is 0 Å². The summed E-state index contributed by atoms with van der Waals surface area (Å²) in [5.74, 6) is -0.336. The fourth-order valence-electron chi connectivity index (χ4n) is 2.47. The van der Waals surface area contributed by atoms with Gasteiger partial charge in [-0.3, -0.25) is 0 Å². The monoisotopic (exact) mass is 347 g/mol. The van der Waals surface area contributed by atoms with E-state index in [0.29, 0.717) is 17.1 Å². The Balaban J connectivity index is 1.84. The Kier molecular flexibility index (Phi) is 6.79. The summed E-state index contributed by atoms with van der Waals surface area (Å²) in [6, 6.07) is 14.8. The van der Waals surface area contributed by atoms with Gasteiger partial charge < -0.3 is 15.2 Å².